The molecule has 0 aliphatic rings. The van der Waals surface area contributed by atoms with E-state index in [1.54, 1.807) is 18.0 Å². The molecule has 3 aromatic rings. The summed E-state index contributed by atoms with van der Waals surface area (Å²) in [6.45, 7) is 4.88. The highest BCUT2D eigenvalue weighted by Crippen LogP contribution is 2.28. The fraction of sp³-hybridized carbons (Fsp3) is 0.250. The van der Waals surface area contributed by atoms with Gasteiger partial charge in [-0.3, -0.25) is 0 Å². The van der Waals surface area contributed by atoms with Gasteiger partial charge in [0, 0.05) is 16.8 Å². The fourth-order valence-corrected chi connectivity index (χ4v) is 3.45. The Morgan fingerprint density at radius 2 is 1.95 bits per heavy atom. The van der Waals surface area contributed by atoms with Gasteiger partial charge >= 0.3 is 0 Å². The van der Waals surface area contributed by atoms with Crippen molar-refractivity contribution < 1.29 is 4.42 Å². The van der Waals surface area contributed by atoms with E-state index in [9.17, 15) is 0 Å². The van der Waals surface area contributed by atoms with Gasteiger partial charge in [-0.25, -0.2) is 0 Å². The molecule has 0 unspecified atom stereocenters. The minimum absolute atomic E-state index is 0.829. The Bertz CT molecular complexity index is 764. The minimum Gasteiger partial charge on any atom is -0.469 e. The lowest BCUT2D eigenvalue weighted by atomic mass is 10.2. The molecule has 0 aliphatic carbocycles. The normalized spacial score (nSPS) is 11.0. The molecule has 114 valence electrons. The number of aryl methyl sites for hydroxylation is 1. The predicted octanol–water partition coefficient (Wildman–Crippen LogP) is 4.92. The maximum atomic E-state index is 5.38. The molecule has 1 aromatic carbocycles. The van der Waals surface area contributed by atoms with Crippen molar-refractivity contribution in [1.29, 1.82) is 0 Å². The molecule has 2 heterocycles. The van der Waals surface area contributed by atoms with Crippen molar-refractivity contribution in [2.75, 3.05) is 0 Å². The van der Waals surface area contributed by atoms with E-state index >= 15 is 0 Å². The van der Waals surface area contributed by atoms with Gasteiger partial charge in [-0.15, -0.1) is 10.2 Å². The van der Waals surface area contributed by atoms with E-state index in [2.05, 4.69) is 61.9 Å². The monoisotopic (exact) mass is 377 g/mol. The number of furan rings is 1. The number of halogens is 1. The molecule has 0 aliphatic heterocycles. The van der Waals surface area contributed by atoms with Crippen molar-refractivity contribution in [3.05, 3.63) is 52.4 Å². The lowest BCUT2D eigenvalue weighted by molar-refractivity contribution is 0.534. The van der Waals surface area contributed by atoms with Crippen LogP contribution in [0.4, 0.5) is 0 Å². The van der Waals surface area contributed by atoms with Crippen molar-refractivity contribution in [2.24, 2.45) is 0 Å². The zero-order valence-corrected chi connectivity index (χ0v) is 14.8. The molecular formula is C16H16BrN3OS. The summed E-state index contributed by atoms with van der Waals surface area (Å²) in [4.78, 5) is 0. The second kappa shape index (κ2) is 6.71. The first-order valence-electron chi connectivity index (χ1n) is 7.04. The zero-order chi connectivity index (χ0) is 15.5. The molecule has 0 spiro atoms. The average Bonchev–Trinajstić information content (AvgIpc) is 3.12. The molecule has 3 rings (SSSR count). The molecule has 6 heteroatoms. The SMILES string of the molecule is CCn1c(SCc2ccc(Br)cc2)nnc1-c1ccoc1C. The van der Waals surface area contributed by atoms with Crippen LogP contribution in [-0.4, -0.2) is 14.8 Å². The van der Waals surface area contributed by atoms with Gasteiger partial charge < -0.3 is 8.98 Å². The van der Waals surface area contributed by atoms with Crippen molar-refractivity contribution >= 4 is 27.7 Å². The molecule has 0 N–H and O–H groups in total. The van der Waals surface area contributed by atoms with Crippen molar-refractivity contribution in [1.82, 2.24) is 14.8 Å². The summed E-state index contributed by atoms with van der Waals surface area (Å²) in [5, 5.41) is 9.61. The van der Waals surface area contributed by atoms with E-state index in [0.29, 0.717) is 0 Å². The minimum atomic E-state index is 0.829. The van der Waals surface area contributed by atoms with E-state index in [0.717, 1.165) is 39.1 Å². The topological polar surface area (TPSA) is 43.9 Å². The summed E-state index contributed by atoms with van der Waals surface area (Å²) in [7, 11) is 0. The number of hydrogen-bond donors (Lipinski definition) is 0. The van der Waals surface area contributed by atoms with Gasteiger partial charge in [-0.1, -0.05) is 39.8 Å². The van der Waals surface area contributed by atoms with Crippen LogP contribution in [0, 0.1) is 6.92 Å². The third kappa shape index (κ3) is 3.13. The Kier molecular flexibility index (Phi) is 4.69. The van der Waals surface area contributed by atoms with Crippen LogP contribution in [-0.2, 0) is 12.3 Å². The number of aromatic nitrogens is 3. The highest BCUT2D eigenvalue weighted by atomic mass is 79.9. The molecule has 0 atom stereocenters. The first kappa shape index (κ1) is 15.4. The van der Waals surface area contributed by atoms with Gasteiger partial charge in [0.1, 0.15) is 5.76 Å². The molecule has 4 nitrogen and oxygen atoms in total. The van der Waals surface area contributed by atoms with E-state index < -0.39 is 0 Å². The van der Waals surface area contributed by atoms with Gasteiger partial charge in [-0.05, 0) is 37.6 Å². The maximum Gasteiger partial charge on any atom is 0.191 e. The first-order chi connectivity index (χ1) is 10.7. The largest absolute Gasteiger partial charge is 0.469 e. The zero-order valence-electron chi connectivity index (χ0n) is 12.4. The van der Waals surface area contributed by atoms with Crippen LogP contribution in [0.15, 0.2) is 50.6 Å². The molecule has 0 fully saturated rings. The van der Waals surface area contributed by atoms with Crippen LogP contribution >= 0.6 is 27.7 Å². The maximum absolute atomic E-state index is 5.38. The Labute approximate surface area is 142 Å². The van der Waals surface area contributed by atoms with Gasteiger partial charge in [0.25, 0.3) is 0 Å². The lowest BCUT2D eigenvalue weighted by Crippen LogP contribution is -2.00. The fourth-order valence-electron chi connectivity index (χ4n) is 2.23. The highest BCUT2D eigenvalue weighted by molar-refractivity contribution is 9.10. The summed E-state index contributed by atoms with van der Waals surface area (Å²) in [5.74, 6) is 2.61. The lowest BCUT2D eigenvalue weighted by Gasteiger charge is -2.06. The van der Waals surface area contributed by atoms with Gasteiger partial charge in [0.05, 0.1) is 11.8 Å². The van der Waals surface area contributed by atoms with E-state index in [-0.39, 0.29) is 0 Å². The molecule has 22 heavy (non-hydrogen) atoms. The van der Waals surface area contributed by atoms with Crippen LogP contribution in [0.3, 0.4) is 0 Å². The van der Waals surface area contributed by atoms with E-state index in [1.165, 1.54) is 5.56 Å². The smallest absolute Gasteiger partial charge is 0.191 e. The molecule has 0 bridgehead atoms. The van der Waals surface area contributed by atoms with Crippen LogP contribution in [0.5, 0.6) is 0 Å². The molecule has 0 saturated carbocycles. The van der Waals surface area contributed by atoms with Crippen molar-refractivity contribution in [3.8, 4) is 11.4 Å². The van der Waals surface area contributed by atoms with Gasteiger partial charge in [0.2, 0.25) is 0 Å². The van der Waals surface area contributed by atoms with Crippen molar-refractivity contribution in [3.63, 3.8) is 0 Å². The summed E-state index contributed by atoms with van der Waals surface area (Å²) < 4.78 is 8.60. The standard InChI is InChI=1S/C16H16BrN3OS/c1-3-20-15(14-8-9-21-11(14)2)18-19-16(20)22-10-12-4-6-13(17)7-5-12/h4-9H,3,10H2,1-2H3. The Balaban J connectivity index is 1.81. The molecular weight excluding hydrogens is 362 g/mol. The average molecular weight is 378 g/mol. The Morgan fingerprint density at radius 3 is 2.59 bits per heavy atom. The Hall–Kier alpha value is -1.53. The summed E-state index contributed by atoms with van der Waals surface area (Å²) >= 11 is 5.15. The van der Waals surface area contributed by atoms with Crippen LogP contribution < -0.4 is 0 Å². The third-order valence-corrected chi connectivity index (χ3v) is 4.98. The number of nitrogens with zero attached hydrogens (tertiary/aromatic N) is 3. The second-order valence-electron chi connectivity index (χ2n) is 4.86. The van der Waals surface area contributed by atoms with Gasteiger partial charge in [0.15, 0.2) is 11.0 Å². The van der Waals surface area contributed by atoms with Crippen LogP contribution in [0.2, 0.25) is 0 Å². The van der Waals surface area contributed by atoms with Crippen molar-refractivity contribution in [2.45, 2.75) is 31.3 Å². The van der Waals surface area contributed by atoms with Gasteiger partial charge in [-0.2, -0.15) is 0 Å². The quantitative estimate of drug-likeness (QED) is 0.591. The number of benzene rings is 1. The number of hydrogen-bond acceptors (Lipinski definition) is 4. The summed E-state index contributed by atoms with van der Waals surface area (Å²) in [5.41, 5.74) is 2.27. The third-order valence-electron chi connectivity index (χ3n) is 3.41. The Morgan fingerprint density at radius 1 is 1.18 bits per heavy atom. The molecule has 0 saturated heterocycles. The molecule has 0 radical (unpaired) electrons. The first-order valence-corrected chi connectivity index (χ1v) is 8.81. The summed E-state index contributed by atoms with van der Waals surface area (Å²) in [6.07, 6.45) is 1.69. The second-order valence-corrected chi connectivity index (χ2v) is 6.71. The molecule has 0 amide bonds. The number of thioether (sulfide) groups is 1. The highest BCUT2D eigenvalue weighted by Gasteiger charge is 2.16. The summed E-state index contributed by atoms with van der Waals surface area (Å²) in [6, 6.07) is 10.3. The molecule has 2 aromatic heterocycles. The van der Waals surface area contributed by atoms with E-state index in [1.807, 2.05) is 13.0 Å². The van der Waals surface area contributed by atoms with Crippen LogP contribution in [0.25, 0.3) is 11.4 Å². The van der Waals surface area contributed by atoms with Crippen LogP contribution in [0.1, 0.15) is 18.2 Å². The predicted molar refractivity (Wildman–Crippen MR) is 91.8 cm³/mol. The van der Waals surface area contributed by atoms with E-state index in [4.69, 9.17) is 4.42 Å². The number of rotatable bonds is 5.